The standard InChI is InChI=1S/C14H17NO5/c1-10-14(19-2,12(16)17)9-15(10)13(18)20-8-11-6-4-3-5-7-11/h3-7,10H,8-9H2,1-2H3,(H,16,17)/t10-,14?/m1/s1. The minimum Gasteiger partial charge on any atom is -0.479 e. The van der Waals surface area contributed by atoms with Crippen LogP contribution < -0.4 is 0 Å². The Bertz CT molecular complexity index is 504. The van der Waals surface area contributed by atoms with E-state index in [9.17, 15) is 9.59 Å². The molecule has 0 bridgehead atoms. The highest BCUT2D eigenvalue weighted by atomic mass is 16.6. The van der Waals surface area contributed by atoms with Gasteiger partial charge in [-0.3, -0.25) is 4.90 Å². The van der Waals surface area contributed by atoms with E-state index in [2.05, 4.69) is 0 Å². The molecular formula is C14H17NO5. The number of rotatable bonds is 4. The molecule has 0 spiro atoms. The minimum atomic E-state index is -1.33. The molecule has 1 N–H and O–H groups in total. The van der Waals surface area contributed by atoms with Gasteiger partial charge in [-0.15, -0.1) is 0 Å². The van der Waals surface area contributed by atoms with Crippen molar-refractivity contribution in [2.45, 2.75) is 25.2 Å². The number of carboxylic acid groups (broad SMARTS) is 1. The van der Waals surface area contributed by atoms with E-state index in [4.69, 9.17) is 14.6 Å². The molecule has 1 saturated heterocycles. The molecule has 6 heteroatoms. The summed E-state index contributed by atoms with van der Waals surface area (Å²) in [6, 6.07) is 8.73. The van der Waals surface area contributed by atoms with Gasteiger partial charge in [-0.25, -0.2) is 9.59 Å². The summed E-state index contributed by atoms with van der Waals surface area (Å²) in [6.07, 6.45) is -0.532. The highest BCUT2D eigenvalue weighted by Crippen LogP contribution is 2.33. The minimum absolute atomic E-state index is 0.00633. The van der Waals surface area contributed by atoms with Crippen molar-refractivity contribution in [3.05, 3.63) is 35.9 Å². The van der Waals surface area contributed by atoms with E-state index in [0.717, 1.165) is 5.56 Å². The van der Waals surface area contributed by atoms with E-state index >= 15 is 0 Å². The first-order valence-electron chi connectivity index (χ1n) is 6.27. The normalized spacial score (nSPS) is 24.9. The van der Waals surface area contributed by atoms with Crippen LogP contribution in [0.25, 0.3) is 0 Å². The van der Waals surface area contributed by atoms with Crippen LogP contribution in [-0.4, -0.2) is 47.4 Å². The van der Waals surface area contributed by atoms with Crippen molar-refractivity contribution in [2.75, 3.05) is 13.7 Å². The number of carbonyl (C=O) groups excluding carboxylic acids is 1. The predicted molar refractivity (Wildman–Crippen MR) is 70.2 cm³/mol. The van der Waals surface area contributed by atoms with Crippen molar-refractivity contribution in [1.82, 2.24) is 4.90 Å². The number of benzene rings is 1. The summed E-state index contributed by atoms with van der Waals surface area (Å²) < 4.78 is 10.2. The summed E-state index contributed by atoms with van der Waals surface area (Å²) in [6.45, 7) is 1.79. The molecule has 1 fully saturated rings. The Kier molecular flexibility index (Phi) is 3.94. The van der Waals surface area contributed by atoms with Crippen LogP contribution in [0.5, 0.6) is 0 Å². The first-order chi connectivity index (χ1) is 9.51. The molecule has 1 aliphatic heterocycles. The number of ether oxygens (including phenoxy) is 2. The van der Waals surface area contributed by atoms with Crippen LogP contribution in [0, 0.1) is 0 Å². The second-order valence-electron chi connectivity index (χ2n) is 4.74. The third kappa shape index (κ3) is 2.34. The Balaban J connectivity index is 1.91. The quantitative estimate of drug-likeness (QED) is 0.903. The number of hydrogen-bond donors (Lipinski definition) is 1. The van der Waals surface area contributed by atoms with Crippen LogP contribution in [0.4, 0.5) is 4.79 Å². The van der Waals surface area contributed by atoms with Gasteiger partial charge < -0.3 is 14.6 Å². The molecule has 2 atom stereocenters. The zero-order chi connectivity index (χ0) is 14.8. The summed E-state index contributed by atoms with van der Waals surface area (Å²) in [5, 5.41) is 9.16. The summed E-state index contributed by atoms with van der Waals surface area (Å²) in [5.41, 5.74) is -0.448. The second-order valence-corrected chi connectivity index (χ2v) is 4.74. The molecule has 108 valence electrons. The maximum Gasteiger partial charge on any atom is 0.410 e. The van der Waals surface area contributed by atoms with Gasteiger partial charge >= 0.3 is 12.1 Å². The van der Waals surface area contributed by atoms with Crippen LogP contribution in [0.1, 0.15) is 12.5 Å². The molecule has 1 aromatic carbocycles. The van der Waals surface area contributed by atoms with Crippen molar-refractivity contribution < 1.29 is 24.2 Å². The topological polar surface area (TPSA) is 76.1 Å². The molecular weight excluding hydrogens is 262 g/mol. The Morgan fingerprint density at radius 2 is 2.05 bits per heavy atom. The van der Waals surface area contributed by atoms with Gasteiger partial charge in [0.1, 0.15) is 6.61 Å². The van der Waals surface area contributed by atoms with Crippen LogP contribution in [0.15, 0.2) is 30.3 Å². The molecule has 2 rings (SSSR count). The maximum absolute atomic E-state index is 11.9. The summed E-state index contributed by atoms with van der Waals surface area (Å²) in [7, 11) is 1.33. The van der Waals surface area contributed by atoms with Crippen molar-refractivity contribution in [3.63, 3.8) is 0 Å². The van der Waals surface area contributed by atoms with Crippen LogP contribution in [0.2, 0.25) is 0 Å². The number of aliphatic carboxylic acids is 1. The maximum atomic E-state index is 11.9. The lowest BCUT2D eigenvalue weighted by Gasteiger charge is -2.51. The molecule has 0 aliphatic carbocycles. The summed E-state index contributed by atoms with van der Waals surface area (Å²) in [5.74, 6) is -1.07. The molecule has 1 heterocycles. The lowest BCUT2D eigenvalue weighted by molar-refractivity contribution is -0.195. The average Bonchev–Trinajstić information content (AvgIpc) is 2.45. The first kappa shape index (κ1) is 14.3. The number of carboxylic acids is 1. The number of amides is 1. The molecule has 1 aliphatic rings. The third-order valence-corrected chi connectivity index (χ3v) is 3.71. The number of nitrogens with zero attached hydrogens (tertiary/aromatic N) is 1. The Hall–Kier alpha value is -2.08. The lowest BCUT2D eigenvalue weighted by atomic mass is 9.85. The van der Waals surface area contributed by atoms with Crippen molar-refractivity contribution in [2.24, 2.45) is 0 Å². The third-order valence-electron chi connectivity index (χ3n) is 3.71. The van der Waals surface area contributed by atoms with Crippen LogP contribution >= 0.6 is 0 Å². The monoisotopic (exact) mass is 279 g/mol. The molecule has 1 unspecified atom stereocenters. The number of methoxy groups -OCH3 is 1. The van der Waals surface area contributed by atoms with E-state index < -0.39 is 23.7 Å². The largest absolute Gasteiger partial charge is 0.479 e. The molecule has 6 nitrogen and oxygen atoms in total. The molecule has 20 heavy (non-hydrogen) atoms. The molecule has 0 aromatic heterocycles. The zero-order valence-electron chi connectivity index (χ0n) is 11.4. The predicted octanol–water partition coefficient (Wildman–Crippen LogP) is 1.50. The lowest BCUT2D eigenvalue weighted by Crippen LogP contribution is -2.74. The van der Waals surface area contributed by atoms with E-state index in [-0.39, 0.29) is 13.2 Å². The SMILES string of the molecule is COC1(C(=O)O)CN(C(=O)OCc2ccccc2)[C@@H]1C. The summed E-state index contributed by atoms with van der Waals surface area (Å²) >= 11 is 0. The highest BCUT2D eigenvalue weighted by molar-refractivity contribution is 5.84. The van der Waals surface area contributed by atoms with Gasteiger partial charge in [0.05, 0.1) is 12.6 Å². The molecule has 1 aromatic rings. The summed E-state index contributed by atoms with van der Waals surface area (Å²) in [4.78, 5) is 24.4. The smallest absolute Gasteiger partial charge is 0.410 e. The van der Waals surface area contributed by atoms with Crippen molar-refractivity contribution >= 4 is 12.1 Å². The van der Waals surface area contributed by atoms with Gasteiger partial charge in [0.25, 0.3) is 0 Å². The Labute approximate surface area is 116 Å². The van der Waals surface area contributed by atoms with Crippen molar-refractivity contribution in [1.29, 1.82) is 0 Å². The van der Waals surface area contributed by atoms with E-state index in [1.54, 1.807) is 6.92 Å². The van der Waals surface area contributed by atoms with Crippen LogP contribution in [0.3, 0.4) is 0 Å². The first-order valence-corrected chi connectivity index (χ1v) is 6.27. The number of likely N-dealkylation sites (tertiary alicyclic amines) is 1. The molecule has 0 saturated carbocycles. The fourth-order valence-electron chi connectivity index (χ4n) is 2.26. The van der Waals surface area contributed by atoms with Gasteiger partial charge in [-0.05, 0) is 12.5 Å². The van der Waals surface area contributed by atoms with Gasteiger partial charge in [0, 0.05) is 7.11 Å². The van der Waals surface area contributed by atoms with Gasteiger partial charge in [-0.2, -0.15) is 0 Å². The Morgan fingerprint density at radius 3 is 2.55 bits per heavy atom. The fraction of sp³-hybridized carbons (Fsp3) is 0.429. The average molecular weight is 279 g/mol. The van der Waals surface area contributed by atoms with Gasteiger partial charge in [-0.1, -0.05) is 30.3 Å². The van der Waals surface area contributed by atoms with Crippen LogP contribution in [-0.2, 0) is 20.9 Å². The zero-order valence-corrected chi connectivity index (χ0v) is 11.4. The van der Waals surface area contributed by atoms with E-state index in [0.29, 0.717) is 0 Å². The molecule has 0 radical (unpaired) electrons. The second kappa shape index (κ2) is 5.50. The van der Waals surface area contributed by atoms with Gasteiger partial charge in [0.2, 0.25) is 5.60 Å². The van der Waals surface area contributed by atoms with Crippen molar-refractivity contribution in [3.8, 4) is 0 Å². The number of hydrogen-bond acceptors (Lipinski definition) is 4. The molecule has 1 amide bonds. The van der Waals surface area contributed by atoms with E-state index in [1.807, 2.05) is 30.3 Å². The number of carbonyl (C=O) groups is 2. The highest BCUT2D eigenvalue weighted by Gasteiger charge is 2.59. The van der Waals surface area contributed by atoms with Gasteiger partial charge in [0.15, 0.2) is 0 Å². The van der Waals surface area contributed by atoms with E-state index in [1.165, 1.54) is 12.0 Å². The Morgan fingerprint density at radius 1 is 1.40 bits per heavy atom. The fourth-order valence-corrected chi connectivity index (χ4v) is 2.26.